The third-order valence-electron chi connectivity index (χ3n) is 4.58. The number of carbonyl (C=O) groups is 1. The molecule has 0 bridgehead atoms. The van der Waals surface area contributed by atoms with E-state index in [4.69, 9.17) is 11.6 Å². The number of aryl methyl sites for hydroxylation is 1. The molecule has 1 fully saturated rings. The molecule has 1 aromatic carbocycles. The van der Waals surface area contributed by atoms with Crippen LogP contribution in [0.1, 0.15) is 24.0 Å². The van der Waals surface area contributed by atoms with Crippen molar-refractivity contribution in [2.45, 2.75) is 31.5 Å². The first-order valence-electron chi connectivity index (χ1n) is 8.74. The fraction of sp³-hybridized carbons (Fsp3) is 0.368. The van der Waals surface area contributed by atoms with Crippen LogP contribution in [0.15, 0.2) is 36.5 Å². The van der Waals surface area contributed by atoms with Crippen LogP contribution in [0, 0.1) is 5.82 Å². The smallest absolute Gasteiger partial charge is 0.354 e. The summed E-state index contributed by atoms with van der Waals surface area (Å²) in [7, 11) is 0. The Labute approximate surface area is 164 Å². The first-order chi connectivity index (χ1) is 13.2. The van der Waals surface area contributed by atoms with Crippen molar-refractivity contribution in [2.24, 2.45) is 0 Å². The van der Waals surface area contributed by atoms with Crippen molar-refractivity contribution in [3.05, 3.63) is 58.5 Å². The number of alkyl halides is 3. The van der Waals surface area contributed by atoms with Gasteiger partial charge in [-0.05, 0) is 42.7 Å². The van der Waals surface area contributed by atoms with Gasteiger partial charge in [-0.25, -0.2) is 9.37 Å². The third kappa shape index (κ3) is 5.13. The molecule has 1 amide bonds. The van der Waals surface area contributed by atoms with E-state index in [1.807, 2.05) is 4.90 Å². The molecule has 28 heavy (non-hydrogen) atoms. The highest BCUT2D eigenvalue weighted by atomic mass is 35.5. The summed E-state index contributed by atoms with van der Waals surface area (Å²) in [6, 6.07) is 6.66. The van der Waals surface area contributed by atoms with Crippen LogP contribution in [0.4, 0.5) is 23.4 Å². The van der Waals surface area contributed by atoms with Crippen molar-refractivity contribution in [3.63, 3.8) is 0 Å². The van der Waals surface area contributed by atoms with Crippen LogP contribution < -0.4 is 10.2 Å². The molecule has 1 aromatic heterocycles. The molecule has 0 spiro atoms. The molecule has 1 atom stereocenters. The normalized spacial score (nSPS) is 17.0. The Morgan fingerprint density at radius 1 is 1.29 bits per heavy atom. The first-order valence-corrected chi connectivity index (χ1v) is 9.11. The minimum atomic E-state index is -4.42. The zero-order valence-electron chi connectivity index (χ0n) is 14.8. The average molecular weight is 416 g/mol. The summed E-state index contributed by atoms with van der Waals surface area (Å²) >= 11 is 5.63. The number of rotatable bonds is 5. The molecule has 4 nitrogen and oxygen atoms in total. The Kier molecular flexibility index (Phi) is 6.07. The number of anilines is 1. The topological polar surface area (TPSA) is 45.2 Å². The van der Waals surface area contributed by atoms with Gasteiger partial charge in [0, 0.05) is 31.7 Å². The Balaban J connectivity index is 1.48. The number of hydrogen-bond acceptors (Lipinski definition) is 3. The molecule has 2 heterocycles. The lowest BCUT2D eigenvalue weighted by Crippen LogP contribution is -2.37. The van der Waals surface area contributed by atoms with E-state index in [9.17, 15) is 22.4 Å². The van der Waals surface area contributed by atoms with Crippen molar-refractivity contribution in [2.75, 3.05) is 18.0 Å². The van der Waals surface area contributed by atoms with Gasteiger partial charge in [-0.15, -0.1) is 0 Å². The van der Waals surface area contributed by atoms with Crippen LogP contribution >= 0.6 is 11.6 Å². The quantitative estimate of drug-likeness (QED) is 0.744. The van der Waals surface area contributed by atoms with E-state index >= 15 is 0 Å². The van der Waals surface area contributed by atoms with E-state index in [2.05, 4.69) is 10.3 Å². The number of pyridine rings is 1. The summed E-state index contributed by atoms with van der Waals surface area (Å²) in [6.45, 7) is 1.06. The fourth-order valence-corrected chi connectivity index (χ4v) is 3.20. The predicted octanol–water partition coefficient (Wildman–Crippen LogP) is 4.22. The van der Waals surface area contributed by atoms with Gasteiger partial charge in [0.25, 0.3) is 0 Å². The summed E-state index contributed by atoms with van der Waals surface area (Å²) in [5.74, 6) is -0.237. The predicted molar refractivity (Wildman–Crippen MR) is 97.7 cm³/mol. The second-order valence-corrected chi connectivity index (χ2v) is 7.06. The van der Waals surface area contributed by atoms with Gasteiger partial charge in [0.15, 0.2) is 0 Å². The number of amides is 1. The summed E-state index contributed by atoms with van der Waals surface area (Å²) < 4.78 is 51.3. The number of benzene rings is 1. The maximum Gasteiger partial charge on any atom is 0.417 e. The van der Waals surface area contributed by atoms with Crippen molar-refractivity contribution in [1.29, 1.82) is 0 Å². The van der Waals surface area contributed by atoms with Crippen molar-refractivity contribution < 1.29 is 22.4 Å². The largest absolute Gasteiger partial charge is 0.417 e. The number of carbonyl (C=O) groups excluding carboxylic acids is 1. The van der Waals surface area contributed by atoms with Crippen molar-refractivity contribution in [3.8, 4) is 0 Å². The SMILES string of the molecule is O=C(CCc1ccc(Cl)c(F)c1)NC1CCN(c2ccc(C(F)(F)F)cn2)C1. The van der Waals surface area contributed by atoms with E-state index in [0.29, 0.717) is 37.3 Å². The molecular weight excluding hydrogens is 398 g/mol. The summed E-state index contributed by atoms with van der Waals surface area (Å²) in [5, 5.41) is 2.94. The lowest BCUT2D eigenvalue weighted by atomic mass is 10.1. The molecule has 9 heteroatoms. The second kappa shape index (κ2) is 8.34. The van der Waals surface area contributed by atoms with Gasteiger partial charge in [-0.3, -0.25) is 4.79 Å². The molecule has 0 saturated carbocycles. The van der Waals surface area contributed by atoms with E-state index < -0.39 is 17.6 Å². The van der Waals surface area contributed by atoms with Crippen molar-refractivity contribution in [1.82, 2.24) is 10.3 Å². The van der Waals surface area contributed by atoms with Gasteiger partial charge in [-0.1, -0.05) is 17.7 Å². The number of aromatic nitrogens is 1. The van der Waals surface area contributed by atoms with E-state index in [0.717, 1.165) is 12.3 Å². The van der Waals surface area contributed by atoms with Gasteiger partial charge in [-0.2, -0.15) is 13.2 Å². The molecule has 0 radical (unpaired) electrons. The average Bonchev–Trinajstić information content (AvgIpc) is 3.10. The molecule has 3 rings (SSSR count). The number of nitrogens with one attached hydrogen (secondary N) is 1. The van der Waals surface area contributed by atoms with Crippen molar-refractivity contribution >= 4 is 23.3 Å². The fourth-order valence-electron chi connectivity index (χ4n) is 3.08. The molecule has 2 aromatic rings. The Morgan fingerprint density at radius 2 is 2.07 bits per heavy atom. The molecule has 1 aliphatic rings. The highest BCUT2D eigenvalue weighted by Gasteiger charge is 2.31. The molecule has 1 saturated heterocycles. The van der Waals surface area contributed by atoms with E-state index in [1.165, 1.54) is 18.2 Å². The van der Waals surface area contributed by atoms with Crippen LogP contribution in [0.25, 0.3) is 0 Å². The monoisotopic (exact) mass is 415 g/mol. The summed E-state index contributed by atoms with van der Waals surface area (Å²) in [4.78, 5) is 17.8. The summed E-state index contributed by atoms with van der Waals surface area (Å²) in [6.07, 6.45) is -2.34. The number of hydrogen-bond donors (Lipinski definition) is 1. The van der Waals surface area contributed by atoms with Gasteiger partial charge in [0.2, 0.25) is 5.91 Å². The first kappa shape index (κ1) is 20.4. The van der Waals surface area contributed by atoms with Crippen LogP contribution in [-0.2, 0) is 17.4 Å². The highest BCUT2D eigenvalue weighted by molar-refractivity contribution is 6.30. The molecule has 0 aliphatic carbocycles. The van der Waals surface area contributed by atoms with Gasteiger partial charge < -0.3 is 10.2 Å². The second-order valence-electron chi connectivity index (χ2n) is 6.65. The minimum absolute atomic E-state index is 0.0381. The lowest BCUT2D eigenvalue weighted by Gasteiger charge is -2.18. The van der Waals surface area contributed by atoms with E-state index in [1.54, 1.807) is 6.07 Å². The van der Waals surface area contributed by atoms with Gasteiger partial charge in [0.05, 0.1) is 10.6 Å². The van der Waals surface area contributed by atoms with Crippen LogP contribution in [0.5, 0.6) is 0 Å². The van der Waals surface area contributed by atoms with Gasteiger partial charge >= 0.3 is 6.18 Å². The molecule has 1 aliphatic heterocycles. The molecule has 1 N–H and O–H groups in total. The maximum atomic E-state index is 13.4. The molecule has 150 valence electrons. The number of nitrogens with zero attached hydrogens (tertiary/aromatic N) is 2. The Hall–Kier alpha value is -2.35. The van der Waals surface area contributed by atoms with Crippen LogP contribution in [0.3, 0.4) is 0 Å². The highest BCUT2D eigenvalue weighted by Crippen LogP contribution is 2.30. The maximum absolute atomic E-state index is 13.4. The zero-order chi connectivity index (χ0) is 20.3. The van der Waals surface area contributed by atoms with E-state index in [-0.39, 0.29) is 23.4 Å². The zero-order valence-corrected chi connectivity index (χ0v) is 15.5. The van der Waals surface area contributed by atoms with Gasteiger partial charge in [0.1, 0.15) is 11.6 Å². The Morgan fingerprint density at radius 3 is 2.71 bits per heavy atom. The van der Waals surface area contributed by atoms with Crippen LogP contribution in [-0.4, -0.2) is 30.0 Å². The standard InChI is InChI=1S/C19H18ClF4N3O/c20-15-4-1-12(9-16(15)21)2-6-18(28)26-14-7-8-27(11-14)17-5-3-13(10-25-17)19(22,23)24/h1,3-5,9-10,14H,2,6-8,11H2,(H,26,28). The minimum Gasteiger partial charge on any atom is -0.354 e. The molecule has 1 unspecified atom stereocenters. The lowest BCUT2D eigenvalue weighted by molar-refractivity contribution is -0.137. The summed E-state index contributed by atoms with van der Waals surface area (Å²) in [5.41, 5.74) is -0.113. The van der Waals surface area contributed by atoms with Crippen LogP contribution in [0.2, 0.25) is 5.02 Å². The Bertz CT molecular complexity index is 842. The molecular formula is C19H18ClF4N3O. The third-order valence-corrected chi connectivity index (χ3v) is 4.88. The number of halogens is 5.